The predicted octanol–water partition coefficient (Wildman–Crippen LogP) is 2.23. The third-order valence-corrected chi connectivity index (χ3v) is 4.30. The van der Waals surface area contributed by atoms with Crippen LogP contribution in [-0.2, 0) is 6.54 Å². The summed E-state index contributed by atoms with van der Waals surface area (Å²) in [6, 6.07) is 5.97. The molecule has 0 spiro atoms. The van der Waals surface area contributed by atoms with Crippen LogP contribution in [0.2, 0.25) is 0 Å². The largest absolute Gasteiger partial charge is 0.398 e. The van der Waals surface area contributed by atoms with Crippen LogP contribution >= 0.6 is 15.9 Å². The average molecular weight is 299 g/mol. The number of nitrogen functional groups attached to an aromatic ring is 1. The fourth-order valence-corrected chi connectivity index (χ4v) is 2.76. The van der Waals surface area contributed by atoms with Crippen LogP contribution in [0.15, 0.2) is 22.7 Å². The minimum absolute atomic E-state index is 0.0625. The van der Waals surface area contributed by atoms with Crippen LogP contribution in [0, 0.1) is 5.92 Å². The van der Waals surface area contributed by atoms with Gasteiger partial charge in [0.05, 0.1) is 6.10 Å². The van der Waals surface area contributed by atoms with Gasteiger partial charge in [-0.3, -0.25) is 0 Å². The van der Waals surface area contributed by atoms with Gasteiger partial charge in [0.2, 0.25) is 0 Å². The molecule has 4 heteroatoms. The Hall–Kier alpha value is -0.580. The van der Waals surface area contributed by atoms with E-state index in [9.17, 15) is 5.11 Å². The first-order valence-electron chi connectivity index (χ1n) is 5.95. The molecule has 0 heterocycles. The number of nitrogens with two attached hydrogens (primary N) is 1. The Balaban J connectivity index is 1.89. The number of nitrogens with zero attached hydrogens (tertiary/aromatic N) is 1. The Labute approximate surface area is 111 Å². The molecular formula is C13H19BrN2O. The number of rotatable bonds is 4. The first-order valence-corrected chi connectivity index (χ1v) is 6.75. The van der Waals surface area contributed by atoms with Crippen molar-refractivity contribution in [3.63, 3.8) is 0 Å². The number of hydrogen-bond donors (Lipinski definition) is 2. The normalized spacial score (nSPS) is 23.8. The van der Waals surface area contributed by atoms with Crippen molar-refractivity contribution >= 4 is 21.6 Å². The second kappa shape index (κ2) is 5.38. The first kappa shape index (κ1) is 12.9. The van der Waals surface area contributed by atoms with E-state index in [-0.39, 0.29) is 6.10 Å². The summed E-state index contributed by atoms with van der Waals surface area (Å²) in [6.07, 6.45) is 1.83. The lowest BCUT2D eigenvalue weighted by molar-refractivity contribution is 0.0273. The van der Waals surface area contributed by atoms with Crippen molar-refractivity contribution in [2.24, 2.45) is 5.92 Å². The number of aliphatic hydroxyl groups excluding tert-OH is 1. The molecule has 0 radical (unpaired) electrons. The summed E-state index contributed by atoms with van der Waals surface area (Å²) in [7, 11) is 2.11. The maximum Gasteiger partial charge on any atom is 0.0546 e. The molecule has 1 saturated carbocycles. The lowest BCUT2D eigenvalue weighted by Gasteiger charge is -2.34. The van der Waals surface area contributed by atoms with Crippen molar-refractivity contribution < 1.29 is 5.11 Å². The maximum absolute atomic E-state index is 9.26. The van der Waals surface area contributed by atoms with Gasteiger partial charge in [-0.2, -0.15) is 0 Å². The molecule has 2 rings (SSSR count). The Morgan fingerprint density at radius 2 is 2.18 bits per heavy atom. The number of aliphatic hydroxyl groups is 1. The van der Waals surface area contributed by atoms with E-state index in [1.165, 1.54) is 5.56 Å². The highest BCUT2D eigenvalue weighted by molar-refractivity contribution is 9.10. The van der Waals surface area contributed by atoms with E-state index in [1.807, 2.05) is 12.1 Å². The van der Waals surface area contributed by atoms with E-state index in [1.54, 1.807) is 0 Å². The number of halogens is 1. The predicted molar refractivity (Wildman–Crippen MR) is 73.6 cm³/mol. The molecule has 0 atom stereocenters. The van der Waals surface area contributed by atoms with E-state index in [4.69, 9.17) is 5.73 Å². The Morgan fingerprint density at radius 3 is 2.82 bits per heavy atom. The van der Waals surface area contributed by atoms with E-state index < -0.39 is 0 Å². The van der Waals surface area contributed by atoms with Gasteiger partial charge in [-0.1, -0.05) is 12.1 Å². The average Bonchev–Trinajstić information content (AvgIpc) is 2.23. The van der Waals surface area contributed by atoms with Crippen molar-refractivity contribution in [3.8, 4) is 0 Å². The smallest absolute Gasteiger partial charge is 0.0546 e. The minimum atomic E-state index is -0.0625. The topological polar surface area (TPSA) is 49.5 Å². The van der Waals surface area contributed by atoms with Gasteiger partial charge in [0, 0.05) is 23.2 Å². The van der Waals surface area contributed by atoms with Gasteiger partial charge in [-0.05, 0) is 53.4 Å². The number of benzene rings is 1. The lowest BCUT2D eigenvalue weighted by Crippen LogP contribution is -2.36. The second-order valence-corrected chi connectivity index (χ2v) is 5.80. The molecule has 1 aliphatic rings. The molecule has 3 nitrogen and oxygen atoms in total. The molecule has 0 unspecified atom stereocenters. The lowest BCUT2D eigenvalue weighted by atomic mass is 9.82. The van der Waals surface area contributed by atoms with Crippen LogP contribution in [0.25, 0.3) is 0 Å². The van der Waals surface area contributed by atoms with Gasteiger partial charge in [-0.15, -0.1) is 0 Å². The Kier molecular flexibility index (Phi) is 4.07. The quantitative estimate of drug-likeness (QED) is 0.838. The van der Waals surface area contributed by atoms with Crippen LogP contribution < -0.4 is 5.73 Å². The van der Waals surface area contributed by atoms with Crippen LogP contribution in [0.4, 0.5) is 5.69 Å². The number of anilines is 1. The SMILES string of the molecule is CN(Cc1cccc(N)c1Br)CC1CC(O)C1. The Bertz CT molecular complexity index is 391. The van der Waals surface area contributed by atoms with Crippen LogP contribution in [-0.4, -0.2) is 29.7 Å². The molecular weight excluding hydrogens is 280 g/mol. The molecule has 0 amide bonds. The first-order chi connectivity index (χ1) is 8.06. The third-order valence-electron chi connectivity index (χ3n) is 3.33. The van der Waals surface area contributed by atoms with Gasteiger partial charge in [0.15, 0.2) is 0 Å². The maximum atomic E-state index is 9.26. The third kappa shape index (κ3) is 3.21. The highest BCUT2D eigenvalue weighted by Crippen LogP contribution is 2.29. The van der Waals surface area contributed by atoms with Gasteiger partial charge in [-0.25, -0.2) is 0 Å². The molecule has 0 bridgehead atoms. The summed E-state index contributed by atoms with van der Waals surface area (Å²) < 4.78 is 1.00. The molecule has 17 heavy (non-hydrogen) atoms. The Morgan fingerprint density at radius 1 is 1.47 bits per heavy atom. The molecule has 0 saturated heterocycles. The molecule has 94 valence electrons. The van der Waals surface area contributed by atoms with Crippen molar-refractivity contribution in [2.45, 2.75) is 25.5 Å². The minimum Gasteiger partial charge on any atom is -0.398 e. The van der Waals surface area contributed by atoms with Crippen molar-refractivity contribution in [2.75, 3.05) is 19.3 Å². The molecule has 1 fully saturated rings. The van der Waals surface area contributed by atoms with Crippen LogP contribution in [0.1, 0.15) is 18.4 Å². The zero-order valence-corrected chi connectivity index (χ0v) is 11.7. The number of hydrogen-bond acceptors (Lipinski definition) is 3. The van der Waals surface area contributed by atoms with Gasteiger partial charge in [0.25, 0.3) is 0 Å². The molecule has 0 aromatic heterocycles. The van der Waals surface area contributed by atoms with Gasteiger partial charge < -0.3 is 15.7 Å². The zero-order chi connectivity index (χ0) is 12.4. The van der Waals surface area contributed by atoms with Crippen molar-refractivity contribution in [3.05, 3.63) is 28.2 Å². The highest BCUT2D eigenvalue weighted by Gasteiger charge is 2.27. The summed E-state index contributed by atoms with van der Waals surface area (Å²) in [4.78, 5) is 2.29. The van der Waals surface area contributed by atoms with E-state index in [2.05, 4.69) is 33.9 Å². The summed E-state index contributed by atoms with van der Waals surface area (Å²) in [6.45, 7) is 1.93. The van der Waals surface area contributed by atoms with Crippen molar-refractivity contribution in [1.29, 1.82) is 0 Å². The van der Waals surface area contributed by atoms with Gasteiger partial charge in [0.1, 0.15) is 0 Å². The van der Waals surface area contributed by atoms with Crippen LogP contribution in [0.5, 0.6) is 0 Å². The highest BCUT2D eigenvalue weighted by atomic mass is 79.9. The fraction of sp³-hybridized carbons (Fsp3) is 0.538. The van der Waals surface area contributed by atoms with Crippen LogP contribution in [0.3, 0.4) is 0 Å². The zero-order valence-electron chi connectivity index (χ0n) is 10.1. The van der Waals surface area contributed by atoms with E-state index in [0.717, 1.165) is 36.1 Å². The summed E-state index contributed by atoms with van der Waals surface area (Å²) in [5, 5.41) is 9.26. The van der Waals surface area contributed by atoms with E-state index in [0.29, 0.717) is 5.92 Å². The fourth-order valence-electron chi connectivity index (χ4n) is 2.37. The summed E-state index contributed by atoms with van der Waals surface area (Å²) in [5.41, 5.74) is 7.86. The molecule has 0 aliphatic heterocycles. The standard InChI is InChI=1S/C13H19BrN2O/c1-16(7-9-5-11(17)6-9)8-10-3-2-4-12(15)13(10)14/h2-4,9,11,17H,5-8,15H2,1H3. The molecule has 3 N–H and O–H groups in total. The second-order valence-electron chi connectivity index (χ2n) is 5.01. The molecule has 1 aromatic rings. The molecule has 1 aromatic carbocycles. The van der Waals surface area contributed by atoms with E-state index >= 15 is 0 Å². The van der Waals surface area contributed by atoms with Crippen molar-refractivity contribution in [1.82, 2.24) is 4.90 Å². The summed E-state index contributed by atoms with van der Waals surface area (Å²) in [5.74, 6) is 0.648. The molecule has 1 aliphatic carbocycles. The van der Waals surface area contributed by atoms with Gasteiger partial charge >= 0.3 is 0 Å². The summed E-state index contributed by atoms with van der Waals surface area (Å²) >= 11 is 3.52. The monoisotopic (exact) mass is 298 g/mol.